The smallest absolute Gasteiger partial charge is 0.197 e. The van der Waals surface area contributed by atoms with Crippen molar-refractivity contribution in [1.82, 2.24) is 19.9 Å². The predicted molar refractivity (Wildman–Crippen MR) is 173 cm³/mol. The monoisotopic (exact) mass is 582 g/mol. The number of para-hydroxylation sites is 6. The number of hydrogen-bond donors (Lipinski definition) is 2. The largest absolute Gasteiger partial charge is 0.377 e. The van der Waals surface area contributed by atoms with E-state index in [1.807, 2.05) is 85.7 Å². The van der Waals surface area contributed by atoms with E-state index in [1.54, 1.807) is 11.8 Å². The van der Waals surface area contributed by atoms with Gasteiger partial charge < -0.3 is 19.8 Å². The van der Waals surface area contributed by atoms with Crippen molar-refractivity contribution < 1.29 is 4.21 Å². The molecule has 4 aromatic carbocycles. The molecule has 0 aliphatic rings. The Hall–Kier alpha value is -4.08. The lowest BCUT2D eigenvalue weighted by Gasteiger charge is -2.16. The highest BCUT2D eigenvalue weighted by molar-refractivity contribution is 7.98. The molecular weight excluding hydrogens is 549 g/mol. The average molecular weight is 583 g/mol. The van der Waals surface area contributed by atoms with Crippen molar-refractivity contribution in [2.75, 3.05) is 38.0 Å². The van der Waals surface area contributed by atoms with E-state index in [0.717, 1.165) is 44.2 Å². The summed E-state index contributed by atoms with van der Waals surface area (Å²) in [5.41, 5.74) is 8.61. The van der Waals surface area contributed by atoms with Gasteiger partial charge in [0.15, 0.2) is 10.3 Å². The predicted octanol–water partition coefficient (Wildman–Crippen LogP) is 6.86. The SMILES string of the molecule is CN(C)c1ccccc1CS(=O)c1nc2ccccc2[nH]1.CN(C)c1ccccc1CSc1nc2ccccc2[nH]1. The van der Waals surface area contributed by atoms with E-state index >= 15 is 0 Å². The van der Waals surface area contributed by atoms with Gasteiger partial charge in [0.25, 0.3) is 0 Å². The van der Waals surface area contributed by atoms with Crippen molar-refractivity contribution in [3.05, 3.63) is 108 Å². The molecule has 0 amide bonds. The van der Waals surface area contributed by atoms with Gasteiger partial charge in [0.2, 0.25) is 0 Å². The first-order valence-electron chi connectivity index (χ1n) is 13.3. The number of nitrogens with one attached hydrogen (secondary N) is 2. The highest BCUT2D eigenvalue weighted by atomic mass is 32.2. The molecule has 9 heteroatoms. The fraction of sp³-hybridized carbons (Fsp3) is 0.188. The topological polar surface area (TPSA) is 80.9 Å². The molecule has 2 N–H and O–H groups in total. The maximum atomic E-state index is 12.6. The van der Waals surface area contributed by atoms with Crippen LogP contribution < -0.4 is 9.80 Å². The molecule has 0 saturated heterocycles. The molecule has 2 aromatic heterocycles. The fourth-order valence-corrected chi connectivity index (χ4v) is 6.50. The van der Waals surface area contributed by atoms with Gasteiger partial charge in [-0.3, -0.25) is 4.21 Å². The second kappa shape index (κ2) is 13.1. The second-order valence-corrected chi connectivity index (χ2v) is 12.3. The minimum Gasteiger partial charge on any atom is -0.377 e. The number of hydrogen-bond acceptors (Lipinski definition) is 6. The van der Waals surface area contributed by atoms with Gasteiger partial charge in [-0.15, -0.1) is 0 Å². The zero-order valence-electron chi connectivity index (χ0n) is 23.7. The molecule has 0 aliphatic carbocycles. The molecule has 0 radical (unpaired) electrons. The molecule has 0 bridgehead atoms. The van der Waals surface area contributed by atoms with Crippen LogP contribution in [0.2, 0.25) is 0 Å². The van der Waals surface area contributed by atoms with Gasteiger partial charge in [0.1, 0.15) is 0 Å². The number of aromatic nitrogens is 4. The van der Waals surface area contributed by atoms with Gasteiger partial charge in [0.05, 0.1) is 38.6 Å². The van der Waals surface area contributed by atoms with Crippen LogP contribution >= 0.6 is 11.8 Å². The molecule has 7 nitrogen and oxygen atoms in total. The maximum absolute atomic E-state index is 12.6. The first-order chi connectivity index (χ1) is 19.9. The van der Waals surface area contributed by atoms with Crippen molar-refractivity contribution in [3.63, 3.8) is 0 Å². The van der Waals surface area contributed by atoms with Crippen LogP contribution in [0.4, 0.5) is 11.4 Å². The third-order valence-corrected chi connectivity index (χ3v) is 8.67. The number of benzene rings is 4. The molecule has 210 valence electrons. The molecule has 2 heterocycles. The van der Waals surface area contributed by atoms with Crippen LogP contribution in [0.5, 0.6) is 0 Å². The Kier molecular flexibility index (Phi) is 9.06. The summed E-state index contributed by atoms with van der Waals surface area (Å²) in [7, 11) is 6.94. The Morgan fingerprint density at radius 2 is 1.17 bits per heavy atom. The third kappa shape index (κ3) is 6.99. The van der Waals surface area contributed by atoms with Crippen molar-refractivity contribution in [2.45, 2.75) is 21.8 Å². The Labute approximate surface area is 247 Å². The Balaban J connectivity index is 0.000000165. The first-order valence-corrected chi connectivity index (χ1v) is 15.6. The minimum atomic E-state index is -1.19. The van der Waals surface area contributed by atoms with Crippen LogP contribution in [-0.2, 0) is 22.3 Å². The molecule has 1 atom stereocenters. The summed E-state index contributed by atoms with van der Waals surface area (Å²) in [6.45, 7) is 0. The van der Waals surface area contributed by atoms with Gasteiger partial charge >= 0.3 is 0 Å². The second-order valence-electron chi connectivity index (χ2n) is 9.94. The van der Waals surface area contributed by atoms with E-state index < -0.39 is 10.8 Å². The number of rotatable bonds is 8. The van der Waals surface area contributed by atoms with E-state index in [1.165, 1.54) is 11.3 Å². The van der Waals surface area contributed by atoms with E-state index in [9.17, 15) is 4.21 Å². The van der Waals surface area contributed by atoms with Crippen LogP contribution in [0.25, 0.3) is 22.1 Å². The zero-order chi connectivity index (χ0) is 28.8. The molecule has 0 saturated carbocycles. The Morgan fingerprint density at radius 3 is 1.78 bits per heavy atom. The van der Waals surface area contributed by atoms with Crippen LogP contribution in [0.3, 0.4) is 0 Å². The van der Waals surface area contributed by atoms with Crippen LogP contribution in [0.1, 0.15) is 11.1 Å². The highest BCUT2D eigenvalue weighted by Gasteiger charge is 2.13. The van der Waals surface area contributed by atoms with Gasteiger partial charge in [0, 0.05) is 45.3 Å². The van der Waals surface area contributed by atoms with Crippen molar-refractivity contribution in [1.29, 1.82) is 0 Å². The molecule has 0 fully saturated rings. The van der Waals surface area contributed by atoms with E-state index in [-0.39, 0.29) is 0 Å². The third-order valence-electron chi connectivity index (χ3n) is 6.55. The lowest BCUT2D eigenvalue weighted by Crippen LogP contribution is -2.12. The number of imidazole rings is 2. The summed E-state index contributed by atoms with van der Waals surface area (Å²) in [4.78, 5) is 19.7. The molecule has 0 spiro atoms. The summed E-state index contributed by atoms with van der Waals surface area (Å²) in [6.07, 6.45) is 0. The van der Waals surface area contributed by atoms with Gasteiger partial charge in [-0.1, -0.05) is 72.4 Å². The van der Waals surface area contributed by atoms with Crippen LogP contribution in [-0.4, -0.2) is 52.3 Å². The molecule has 0 aliphatic heterocycles. The summed E-state index contributed by atoms with van der Waals surface area (Å²) in [6, 6.07) is 32.3. The van der Waals surface area contributed by atoms with Crippen molar-refractivity contribution >= 4 is 56.0 Å². The number of thioether (sulfide) groups is 1. The fourth-order valence-electron chi connectivity index (χ4n) is 4.53. The maximum Gasteiger partial charge on any atom is 0.197 e. The standard InChI is InChI=1S/C16H17N3OS.C16H17N3S/c1-19(2)15-10-6-3-7-12(15)11-21(20)16-17-13-8-4-5-9-14(13)18-16;1-19(2)15-10-6-3-7-12(15)11-20-16-17-13-8-4-5-9-14(13)18-16/h3-10H,11H2,1-2H3,(H,17,18);3-10H,11H2,1-2H3,(H,17,18). The molecule has 6 aromatic rings. The van der Waals surface area contributed by atoms with Crippen molar-refractivity contribution in [2.24, 2.45) is 0 Å². The molecule has 1 unspecified atom stereocenters. The molecular formula is C32H34N6OS2. The molecule has 6 rings (SSSR count). The van der Waals surface area contributed by atoms with Crippen molar-refractivity contribution in [3.8, 4) is 0 Å². The van der Waals surface area contributed by atoms with E-state index in [2.05, 4.69) is 69.3 Å². The summed E-state index contributed by atoms with van der Waals surface area (Å²) in [5, 5.41) is 1.50. The van der Waals surface area contributed by atoms with Gasteiger partial charge in [-0.05, 0) is 47.5 Å². The van der Waals surface area contributed by atoms with Crippen LogP contribution in [0, 0.1) is 0 Å². The minimum absolute atomic E-state index is 0.453. The highest BCUT2D eigenvalue weighted by Crippen LogP contribution is 2.27. The average Bonchev–Trinajstić information content (AvgIpc) is 3.61. The number of anilines is 2. The lowest BCUT2D eigenvalue weighted by molar-refractivity contribution is 0.677. The number of H-pyrrole nitrogens is 2. The van der Waals surface area contributed by atoms with Gasteiger partial charge in [-0.2, -0.15) is 0 Å². The Morgan fingerprint density at radius 1 is 0.659 bits per heavy atom. The molecule has 41 heavy (non-hydrogen) atoms. The van der Waals surface area contributed by atoms with E-state index in [0.29, 0.717) is 10.9 Å². The van der Waals surface area contributed by atoms with E-state index in [4.69, 9.17) is 0 Å². The number of fused-ring (bicyclic) bond motifs is 2. The summed E-state index contributed by atoms with van der Waals surface area (Å²) in [5.74, 6) is 1.36. The van der Waals surface area contributed by atoms with Crippen LogP contribution in [0.15, 0.2) is 107 Å². The number of nitrogens with zero attached hydrogens (tertiary/aromatic N) is 4. The quantitative estimate of drug-likeness (QED) is 0.191. The van der Waals surface area contributed by atoms with Gasteiger partial charge in [-0.25, -0.2) is 9.97 Å². The number of aromatic amines is 2. The zero-order valence-corrected chi connectivity index (χ0v) is 25.3. The first kappa shape index (κ1) is 28.4. The lowest BCUT2D eigenvalue weighted by atomic mass is 10.2. The normalized spacial score (nSPS) is 11.7. The summed E-state index contributed by atoms with van der Waals surface area (Å²) < 4.78 is 12.6. The summed E-state index contributed by atoms with van der Waals surface area (Å²) >= 11 is 1.74. The Bertz CT molecular complexity index is 1710.